The number of aromatic nitrogens is 1. The van der Waals surface area contributed by atoms with E-state index in [1.807, 2.05) is 6.92 Å². The fraction of sp³-hybridized carbons (Fsp3) is 0.158. The van der Waals surface area contributed by atoms with E-state index in [1.54, 1.807) is 12.1 Å². The van der Waals surface area contributed by atoms with Crippen LogP contribution in [0.3, 0.4) is 0 Å². The highest BCUT2D eigenvalue weighted by Gasteiger charge is 2.16. The first kappa shape index (κ1) is 19.7. The molecule has 3 rings (SSSR count). The van der Waals surface area contributed by atoms with Crippen LogP contribution < -0.4 is 14.8 Å². The number of carbonyl (C=O) groups excluding carboxylic acids is 1. The molecular weight excluding hydrogens is 393 g/mol. The van der Waals surface area contributed by atoms with Gasteiger partial charge in [0.1, 0.15) is 5.82 Å². The van der Waals surface area contributed by atoms with Crippen LogP contribution in [0.25, 0.3) is 11.3 Å². The number of rotatable bonds is 6. The first-order valence-corrected chi connectivity index (χ1v) is 8.86. The minimum Gasteiger partial charge on any atom is -0.493 e. The number of nitrogens with zero attached hydrogens (tertiary/aromatic N) is 1. The lowest BCUT2D eigenvalue weighted by atomic mass is 10.1. The summed E-state index contributed by atoms with van der Waals surface area (Å²) in [6, 6.07) is 9.76. The molecule has 0 aliphatic carbocycles. The van der Waals surface area contributed by atoms with Crippen LogP contribution in [0.4, 0.5) is 18.3 Å². The Hall–Kier alpha value is -3.07. The van der Waals surface area contributed by atoms with Crippen molar-refractivity contribution in [3.05, 3.63) is 58.7 Å². The quantitative estimate of drug-likeness (QED) is 0.615. The average Bonchev–Trinajstić information content (AvgIpc) is 3.02. The van der Waals surface area contributed by atoms with E-state index in [-0.39, 0.29) is 22.9 Å². The molecule has 0 aliphatic rings. The largest absolute Gasteiger partial charge is 0.493 e. The van der Waals surface area contributed by atoms with Crippen LogP contribution in [0.2, 0.25) is 0 Å². The molecule has 0 aliphatic heterocycles. The molecule has 1 heterocycles. The number of thiazole rings is 1. The molecule has 0 saturated heterocycles. The van der Waals surface area contributed by atoms with Crippen molar-refractivity contribution in [3.8, 4) is 22.8 Å². The smallest absolute Gasteiger partial charge is 0.387 e. The van der Waals surface area contributed by atoms with E-state index in [0.29, 0.717) is 10.8 Å². The second-order valence-corrected chi connectivity index (χ2v) is 6.83. The Morgan fingerprint density at radius 2 is 1.86 bits per heavy atom. The third-order valence-electron chi connectivity index (χ3n) is 3.78. The monoisotopic (exact) mass is 408 g/mol. The molecule has 0 saturated carbocycles. The predicted octanol–water partition coefficient (Wildman–Crippen LogP) is 5.12. The standard InChI is InChI=1S/C19H15F3N2O3S/c1-10-16(11-3-6-13(20)7-4-11)23-19(28-10)24-17(25)12-5-8-14(27-18(21)22)15(9-12)26-2/h3-9,18H,1-2H3,(H,23,24,25). The number of alkyl halides is 2. The van der Waals surface area contributed by atoms with Gasteiger partial charge in [-0.25, -0.2) is 9.37 Å². The maximum absolute atomic E-state index is 13.1. The van der Waals surface area contributed by atoms with Gasteiger partial charge in [-0.05, 0) is 49.4 Å². The number of carbonyl (C=O) groups is 1. The number of halogens is 3. The molecule has 0 spiro atoms. The minimum atomic E-state index is -3.00. The number of aryl methyl sites for hydroxylation is 1. The Morgan fingerprint density at radius 1 is 1.14 bits per heavy atom. The molecule has 1 amide bonds. The van der Waals surface area contributed by atoms with Gasteiger partial charge in [0, 0.05) is 16.0 Å². The molecular formula is C19H15F3N2O3S. The first-order chi connectivity index (χ1) is 13.4. The van der Waals surface area contributed by atoms with Gasteiger partial charge in [-0.2, -0.15) is 8.78 Å². The van der Waals surface area contributed by atoms with Crippen LogP contribution in [0.1, 0.15) is 15.2 Å². The zero-order valence-corrected chi connectivity index (χ0v) is 15.6. The second-order valence-electron chi connectivity index (χ2n) is 5.63. The fourth-order valence-electron chi connectivity index (χ4n) is 2.50. The zero-order chi connectivity index (χ0) is 20.3. The lowest BCUT2D eigenvalue weighted by Gasteiger charge is -2.11. The highest BCUT2D eigenvalue weighted by atomic mass is 32.1. The van der Waals surface area contributed by atoms with Gasteiger partial charge < -0.3 is 9.47 Å². The van der Waals surface area contributed by atoms with Gasteiger partial charge in [-0.1, -0.05) is 0 Å². The van der Waals surface area contributed by atoms with E-state index in [2.05, 4.69) is 15.0 Å². The van der Waals surface area contributed by atoms with E-state index in [9.17, 15) is 18.0 Å². The third-order valence-corrected chi connectivity index (χ3v) is 4.66. The predicted molar refractivity (Wildman–Crippen MR) is 99.8 cm³/mol. The van der Waals surface area contributed by atoms with E-state index in [4.69, 9.17) is 4.74 Å². The molecule has 1 aromatic heterocycles. The summed E-state index contributed by atoms with van der Waals surface area (Å²) in [6.07, 6.45) is 0. The molecule has 28 heavy (non-hydrogen) atoms. The molecule has 0 radical (unpaired) electrons. The molecule has 146 valence electrons. The van der Waals surface area contributed by atoms with E-state index >= 15 is 0 Å². The lowest BCUT2D eigenvalue weighted by molar-refractivity contribution is -0.0512. The van der Waals surface area contributed by atoms with E-state index < -0.39 is 12.5 Å². The van der Waals surface area contributed by atoms with Crippen molar-refractivity contribution in [1.29, 1.82) is 0 Å². The van der Waals surface area contributed by atoms with Crippen molar-refractivity contribution in [3.63, 3.8) is 0 Å². The molecule has 0 unspecified atom stereocenters. The van der Waals surface area contributed by atoms with Gasteiger partial charge in [0.25, 0.3) is 5.91 Å². The molecule has 0 atom stereocenters. The Kier molecular flexibility index (Phi) is 5.84. The summed E-state index contributed by atoms with van der Waals surface area (Å²) >= 11 is 1.27. The van der Waals surface area contributed by atoms with Gasteiger partial charge in [-0.15, -0.1) is 11.3 Å². The van der Waals surface area contributed by atoms with Gasteiger partial charge in [-0.3, -0.25) is 10.1 Å². The zero-order valence-electron chi connectivity index (χ0n) is 14.8. The summed E-state index contributed by atoms with van der Waals surface area (Å²) in [7, 11) is 1.29. The summed E-state index contributed by atoms with van der Waals surface area (Å²) in [5, 5.41) is 3.02. The summed E-state index contributed by atoms with van der Waals surface area (Å²) in [5.74, 6) is -0.993. The Balaban J connectivity index is 1.80. The Labute approximate surface area is 162 Å². The molecule has 1 N–H and O–H groups in total. The number of benzene rings is 2. The van der Waals surface area contributed by atoms with Crippen molar-refractivity contribution < 1.29 is 27.4 Å². The van der Waals surface area contributed by atoms with E-state index in [0.717, 1.165) is 10.4 Å². The molecule has 9 heteroatoms. The Bertz CT molecular complexity index is 991. The summed E-state index contributed by atoms with van der Waals surface area (Å²) in [4.78, 5) is 17.7. The van der Waals surface area contributed by atoms with Crippen LogP contribution in [0.5, 0.6) is 11.5 Å². The summed E-state index contributed by atoms with van der Waals surface area (Å²) in [6.45, 7) is -1.16. The number of ether oxygens (including phenoxy) is 2. The van der Waals surface area contributed by atoms with Crippen molar-refractivity contribution in [2.45, 2.75) is 13.5 Å². The number of hydrogen-bond donors (Lipinski definition) is 1. The lowest BCUT2D eigenvalue weighted by Crippen LogP contribution is -2.12. The highest BCUT2D eigenvalue weighted by Crippen LogP contribution is 2.32. The first-order valence-electron chi connectivity index (χ1n) is 8.05. The third kappa shape index (κ3) is 4.42. The summed E-state index contributed by atoms with van der Waals surface area (Å²) < 4.78 is 47.2. The van der Waals surface area contributed by atoms with Crippen molar-refractivity contribution in [2.75, 3.05) is 12.4 Å². The highest BCUT2D eigenvalue weighted by molar-refractivity contribution is 7.16. The van der Waals surface area contributed by atoms with Crippen molar-refractivity contribution >= 4 is 22.4 Å². The Morgan fingerprint density at radius 3 is 2.50 bits per heavy atom. The summed E-state index contributed by atoms with van der Waals surface area (Å²) in [5.41, 5.74) is 1.55. The van der Waals surface area contributed by atoms with Gasteiger partial charge >= 0.3 is 6.61 Å². The maximum atomic E-state index is 13.1. The SMILES string of the molecule is COc1cc(C(=O)Nc2nc(-c3ccc(F)cc3)c(C)s2)ccc1OC(F)F. The number of nitrogens with one attached hydrogen (secondary N) is 1. The number of amides is 1. The van der Waals surface area contributed by atoms with E-state index in [1.165, 1.54) is 48.8 Å². The molecule has 2 aromatic carbocycles. The fourth-order valence-corrected chi connectivity index (χ4v) is 3.33. The molecule has 3 aromatic rings. The number of hydrogen-bond acceptors (Lipinski definition) is 5. The topological polar surface area (TPSA) is 60.5 Å². The van der Waals surface area contributed by atoms with Gasteiger partial charge in [0.05, 0.1) is 12.8 Å². The van der Waals surface area contributed by atoms with Crippen LogP contribution in [-0.4, -0.2) is 24.6 Å². The normalized spacial score (nSPS) is 10.8. The second kappa shape index (κ2) is 8.30. The van der Waals surface area contributed by atoms with Crippen LogP contribution in [0.15, 0.2) is 42.5 Å². The van der Waals surface area contributed by atoms with Crippen molar-refractivity contribution in [2.24, 2.45) is 0 Å². The average molecular weight is 408 g/mol. The minimum absolute atomic E-state index is 0.00951. The number of methoxy groups -OCH3 is 1. The maximum Gasteiger partial charge on any atom is 0.387 e. The van der Waals surface area contributed by atoms with Crippen LogP contribution >= 0.6 is 11.3 Å². The molecule has 0 bridgehead atoms. The molecule has 5 nitrogen and oxygen atoms in total. The van der Waals surface area contributed by atoms with Gasteiger partial charge in [0.15, 0.2) is 16.6 Å². The number of anilines is 1. The van der Waals surface area contributed by atoms with Crippen molar-refractivity contribution in [1.82, 2.24) is 4.98 Å². The van der Waals surface area contributed by atoms with Crippen LogP contribution in [0, 0.1) is 12.7 Å². The van der Waals surface area contributed by atoms with Gasteiger partial charge in [0.2, 0.25) is 0 Å². The molecule has 0 fully saturated rings. The van der Waals surface area contributed by atoms with Crippen LogP contribution in [-0.2, 0) is 0 Å².